The fourth-order valence-corrected chi connectivity index (χ4v) is 5.03. The third kappa shape index (κ3) is 2.92. The summed E-state index contributed by atoms with van der Waals surface area (Å²) in [4.78, 5) is 6.03. The van der Waals surface area contributed by atoms with Gasteiger partial charge in [0, 0.05) is 35.0 Å². The van der Waals surface area contributed by atoms with Crippen molar-refractivity contribution < 1.29 is 8.42 Å². The van der Waals surface area contributed by atoms with Gasteiger partial charge >= 0.3 is 0 Å². The third-order valence-electron chi connectivity index (χ3n) is 2.71. The zero-order chi connectivity index (χ0) is 13.3. The Bertz CT molecular complexity index is 550. The van der Waals surface area contributed by atoms with Gasteiger partial charge in [-0.05, 0) is 22.0 Å². The molecule has 18 heavy (non-hydrogen) atoms. The number of sulfone groups is 1. The maximum atomic E-state index is 11.8. The van der Waals surface area contributed by atoms with E-state index in [1.807, 2.05) is 0 Å². The van der Waals surface area contributed by atoms with Gasteiger partial charge in [-0.3, -0.25) is 0 Å². The van der Waals surface area contributed by atoms with Crippen molar-refractivity contribution in [2.75, 3.05) is 34.9 Å². The van der Waals surface area contributed by atoms with E-state index in [0.717, 1.165) is 10.2 Å². The predicted octanol–water partition coefficient (Wildman–Crippen LogP) is 1.35. The SMILES string of the molecule is CS(=O)(=O)C1CSCCN1c1ncc(Br)cc1N. The normalized spacial score (nSPS) is 21.0. The summed E-state index contributed by atoms with van der Waals surface area (Å²) in [6.07, 6.45) is 2.89. The van der Waals surface area contributed by atoms with Crippen molar-refractivity contribution in [2.45, 2.75) is 5.37 Å². The van der Waals surface area contributed by atoms with Crippen LogP contribution in [0.1, 0.15) is 0 Å². The van der Waals surface area contributed by atoms with Crippen LogP contribution in [0.15, 0.2) is 16.7 Å². The highest BCUT2D eigenvalue weighted by Gasteiger charge is 2.32. The van der Waals surface area contributed by atoms with E-state index < -0.39 is 15.2 Å². The number of rotatable bonds is 2. The molecule has 0 saturated carbocycles. The quantitative estimate of drug-likeness (QED) is 0.866. The van der Waals surface area contributed by atoms with Crippen molar-refractivity contribution in [3.05, 3.63) is 16.7 Å². The molecule has 0 bridgehead atoms. The summed E-state index contributed by atoms with van der Waals surface area (Å²) in [6.45, 7) is 0.640. The Morgan fingerprint density at radius 3 is 2.94 bits per heavy atom. The molecule has 0 aliphatic carbocycles. The molecule has 1 fully saturated rings. The molecule has 2 N–H and O–H groups in total. The van der Waals surface area contributed by atoms with Crippen molar-refractivity contribution in [3.8, 4) is 0 Å². The number of thioether (sulfide) groups is 1. The minimum absolute atomic E-state index is 0.491. The number of nitrogen functional groups attached to an aromatic ring is 1. The largest absolute Gasteiger partial charge is 0.396 e. The number of halogens is 1. The number of hydrogen-bond acceptors (Lipinski definition) is 6. The van der Waals surface area contributed by atoms with Crippen LogP contribution in [-0.4, -0.2) is 43.1 Å². The van der Waals surface area contributed by atoms with Gasteiger partial charge in [-0.1, -0.05) is 0 Å². The van der Waals surface area contributed by atoms with Gasteiger partial charge in [-0.2, -0.15) is 11.8 Å². The number of nitrogens with zero attached hydrogens (tertiary/aromatic N) is 2. The lowest BCUT2D eigenvalue weighted by Gasteiger charge is -2.35. The van der Waals surface area contributed by atoms with Crippen LogP contribution in [0.4, 0.5) is 11.5 Å². The molecule has 2 rings (SSSR count). The number of hydrogen-bond donors (Lipinski definition) is 1. The van der Waals surface area contributed by atoms with Crippen molar-refractivity contribution in [3.63, 3.8) is 0 Å². The first-order chi connectivity index (χ1) is 8.39. The first kappa shape index (κ1) is 14.0. The molecule has 5 nitrogen and oxygen atoms in total. The maximum Gasteiger partial charge on any atom is 0.169 e. The Morgan fingerprint density at radius 2 is 2.33 bits per heavy atom. The molecule has 0 aromatic carbocycles. The Morgan fingerprint density at radius 1 is 1.61 bits per heavy atom. The van der Waals surface area contributed by atoms with E-state index in [0.29, 0.717) is 23.8 Å². The summed E-state index contributed by atoms with van der Waals surface area (Å²) in [5.74, 6) is 1.98. The number of nitrogens with two attached hydrogens (primary N) is 1. The summed E-state index contributed by atoms with van der Waals surface area (Å²) in [6, 6.07) is 1.74. The molecule has 1 atom stereocenters. The Kier molecular flexibility index (Phi) is 4.08. The molecule has 8 heteroatoms. The minimum atomic E-state index is -3.15. The van der Waals surface area contributed by atoms with Crippen LogP contribution >= 0.6 is 27.7 Å². The summed E-state index contributed by atoms with van der Waals surface area (Å²) >= 11 is 4.93. The fraction of sp³-hybridized carbons (Fsp3) is 0.500. The molecular formula is C10H14BrN3O2S2. The van der Waals surface area contributed by atoms with Gasteiger partial charge in [-0.15, -0.1) is 0 Å². The number of aromatic nitrogens is 1. The van der Waals surface area contributed by atoms with Gasteiger partial charge in [0.15, 0.2) is 15.7 Å². The van der Waals surface area contributed by atoms with Crippen LogP contribution in [0.2, 0.25) is 0 Å². The van der Waals surface area contributed by atoms with E-state index in [4.69, 9.17) is 5.73 Å². The first-order valence-electron chi connectivity index (χ1n) is 5.34. The highest BCUT2D eigenvalue weighted by atomic mass is 79.9. The smallest absolute Gasteiger partial charge is 0.169 e. The topological polar surface area (TPSA) is 76.3 Å². The highest BCUT2D eigenvalue weighted by molar-refractivity contribution is 9.10. The molecule has 1 aliphatic heterocycles. The molecule has 1 unspecified atom stereocenters. The summed E-state index contributed by atoms with van der Waals surface area (Å²) in [5.41, 5.74) is 6.41. The lowest BCUT2D eigenvalue weighted by molar-refractivity contribution is 0.584. The van der Waals surface area contributed by atoms with E-state index >= 15 is 0 Å². The second kappa shape index (κ2) is 5.26. The van der Waals surface area contributed by atoms with Crippen LogP contribution in [0, 0.1) is 0 Å². The van der Waals surface area contributed by atoms with E-state index in [9.17, 15) is 8.42 Å². The molecule has 1 saturated heterocycles. The zero-order valence-corrected chi connectivity index (χ0v) is 13.1. The van der Waals surface area contributed by atoms with Gasteiger partial charge < -0.3 is 10.6 Å². The minimum Gasteiger partial charge on any atom is -0.396 e. The predicted molar refractivity (Wildman–Crippen MR) is 79.7 cm³/mol. The highest BCUT2D eigenvalue weighted by Crippen LogP contribution is 2.30. The maximum absolute atomic E-state index is 11.8. The summed E-state index contributed by atoms with van der Waals surface area (Å²) in [5, 5.41) is -0.549. The third-order valence-corrected chi connectivity index (χ3v) is 5.79. The van der Waals surface area contributed by atoms with Crippen LogP contribution in [0.3, 0.4) is 0 Å². The van der Waals surface area contributed by atoms with Crippen LogP contribution < -0.4 is 10.6 Å². The van der Waals surface area contributed by atoms with Crippen molar-refractivity contribution in [1.82, 2.24) is 4.98 Å². The molecule has 1 aliphatic rings. The molecule has 100 valence electrons. The lowest BCUT2D eigenvalue weighted by Crippen LogP contribution is -2.47. The van der Waals surface area contributed by atoms with Crippen molar-refractivity contribution in [1.29, 1.82) is 0 Å². The second-order valence-corrected chi connectivity index (χ2v) is 8.39. The van der Waals surface area contributed by atoms with Crippen molar-refractivity contribution >= 4 is 49.0 Å². The summed E-state index contributed by atoms with van der Waals surface area (Å²) < 4.78 is 24.4. The molecule has 2 heterocycles. The van der Waals surface area contributed by atoms with E-state index in [-0.39, 0.29) is 0 Å². The average molecular weight is 352 g/mol. The van der Waals surface area contributed by atoms with Gasteiger partial charge in [0.2, 0.25) is 0 Å². The molecule has 0 amide bonds. The summed E-state index contributed by atoms with van der Waals surface area (Å²) in [7, 11) is -3.15. The van der Waals surface area contributed by atoms with Gasteiger partial charge in [0.05, 0.1) is 5.69 Å². The standard InChI is InChI=1S/C10H14BrN3O2S2/c1-18(15,16)9-6-17-3-2-14(9)10-8(12)4-7(11)5-13-10/h4-5,9H,2-3,6,12H2,1H3. The van der Waals surface area contributed by atoms with Gasteiger partial charge in [-0.25, -0.2) is 13.4 Å². The Balaban J connectivity index is 2.40. The van der Waals surface area contributed by atoms with Crippen LogP contribution in [0.5, 0.6) is 0 Å². The Labute approximate surface area is 119 Å². The molecule has 0 radical (unpaired) electrons. The molecule has 0 spiro atoms. The van der Waals surface area contributed by atoms with E-state index in [1.54, 1.807) is 28.9 Å². The monoisotopic (exact) mass is 351 g/mol. The zero-order valence-electron chi connectivity index (χ0n) is 9.84. The van der Waals surface area contributed by atoms with Gasteiger partial charge in [0.25, 0.3) is 0 Å². The second-order valence-electron chi connectivity index (χ2n) is 4.12. The van der Waals surface area contributed by atoms with Crippen LogP contribution in [0.25, 0.3) is 0 Å². The van der Waals surface area contributed by atoms with Crippen LogP contribution in [-0.2, 0) is 9.84 Å². The fourth-order valence-electron chi connectivity index (χ4n) is 1.87. The molecular weight excluding hydrogens is 338 g/mol. The molecule has 1 aromatic rings. The van der Waals surface area contributed by atoms with E-state index in [2.05, 4.69) is 20.9 Å². The Hall–Kier alpha value is -0.470. The first-order valence-corrected chi connectivity index (χ1v) is 9.24. The van der Waals surface area contributed by atoms with E-state index in [1.165, 1.54) is 6.26 Å². The van der Waals surface area contributed by atoms with Crippen molar-refractivity contribution in [2.24, 2.45) is 0 Å². The average Bonchev–Trinajstić information content (AvgIpc) is 2.28. The number of pyridine rings is 1. The molecule has 1 aromatic heterocycles. The lowest BCUT2D eigenvalue weighted by atomic mass is 10.3. The number of anilines is 2. The van der Waals surface area contributed by atoms with Gasteiger partial charge in [0.1, 0.15) is 5.37 Å².